The number of hydrogen-bond acceptors (Lipinski definition) is 7. The molecule has 7 rings (SSSR count). The summed E-state index contributed by atoms with van der Waals surface area (Å²) in [5.74, 6) is -1.18. The van der Waals surface area contributed by atoms with Crippen molar-refractivity contribution in [2.45, 2.75) is 0 Å². The molecule has 220 valence electrons. The van der Waals surface area contributed by atoms with Crippen LogP contribution in [0.4, 0.5) is 0 Å². The molecule has 1 aliphatic rings. The van der Waals surface area contributed by atoms with Gasteiger partial charge in [-0.25, -0.2) is 0 Å². The van der Waals surface area contributed by atoms with E-state index in [1.807, 2.05) is 97.1 Å². The standard InChI is InChI=1S/C16H12N2O2.2C10H8N2.Ru/c19-16(20)12-7-5-11(6-8-12)15(13-3-1-9-17-13)14-4-2-10-18-14;2*1-3-7-11-9(5-1)10-6-2-4-8-12-10;/h1-10H,(H2,17,18,19,20);2*1-8H;/q;;;+2/p-2. The molecule has 0 N–H and O–H groups in total. The number of carbonyl (C=O) groups excluding carboxylic acids is 1. The predicted octanol–water partition coefficient (Wildman–Crippen LogP) is 5.69. The molecule has 0 amide bonds. The number of benzene rings is 1. The first-order valence-electron chi connectivity index (χ1n) is 13.7. The van der Waals surface area contributed by atoms with Crippen molar-refractivity contribution in [1.29, 1.82) is 0 Å². The fraction of sp³-hybridized carbons (Fsp3) is 0. The molecule has 0 unspecified atom stereocenters. The maximum absolute atomic E-state index is 10.8. The number of aromatic carboxylic acids is 1. The molecule has 6 heterocycles. The van der Waals surface area contributed by atoms with Crippen LogP contribution in [0.1, 0.15) is 21.6 Å². The number of pyridine rings is 4. The van der Waals surface area contributed by atoms with Crippen molar-refractivity contribution in [1.82, 2.24) is 24.9 Å². The zero-order valence-electron chi connectivity index (χ0n) is 23.9. The van der Waals surface area contributed by atoms with Crippen LogP contribution in [0.3, 0.4) is 0 Å². The zero-order valence-corrected chi connectivity index (χ0v) is 25.6. The molecule has 6 aromatic rings. The van der Waals surface area contributed by atoms with Gasteiger partial charge in [-0.3, -0.25) is 24.9 Å². The number of nitrogens with zero attached hydrogens (tertiary/aromatic N) is 6. The van der Waals surface area contributed by atoms with Crippen LogP contribution in [0.5, 0.6) is 0 Å². The summed E-state index contributed by atoms with van der Waals surface area (Å²) in [6, 6.07) is 33.5. The first kappa shape index (κ1) is 32.3. The SMILES string of the molecule is O=C([O-])c1ccc(/C(=C2\C=CC=N2)c2ccc[n-]2)cc1.[Ru+2].c1ccc(-c2ccccn2)nc1.c1ccc(-c2ccccn2)nc1. The summed E-state index contributed by atoms with van der Waals surface area (Å²) in [5.41, 5.74) is 7.18. The molecule has 9 heteroatoms. The normalized spacial score (nSPS) is 12.1. The van der Waals surface area contributed by atoms with Crippen molar-refractivity contribution in [3.05, 3.63) is 175 Å². The van der Waals surface area contributed by atoms with Crippen molar-refractivity contribution in [2.75, 3.05) is 0 Å². The Kier molecular flexibility index (Phi) is 12.1. The summed E-state index contributed by atoms with van der Waals surface area (Å²) in [4.78, 5) is 36.1. The Labute approximate surface area is 273 Å². The van der Waals surface area contributed by atoms with Gasteiger partial charge in [-0.1, -0.05) is 60.7 Å². The average molecular weight is 676 g/mol. The van der Waals surface area contributed by atoms with Gasteiger partial charge in [0.15, 0.2) is 0 Å². The van der Waals surface area contributed by atoms with E-state index >= 15 is 0 Å². The van der Waals surface area contributed by atoms with E-state index in [2.05, 4.69) is 29.9 Å². The molecule has 45 heavy (non-hydrogen) atoms. The van der Waals surface area contributed by atoms with Gasteiger partial charge in [0.1, 0.15) is 0 Å². The van der Waals surface area contributed by atoms with Gasteiger partial charge in [0.05, 0.1) is 34.4 Å². The van der Waals surface area contributed by atoms with Gasteiger partial charge in [0.25, 0.3) is 0 Å². The van der Waals surface area contributed by atoms with Gasteiger partial charge < -0.3 is 14.9 Å². The monoisotopic (exact) mass is 676 g/mol. The summed E-state index contributed by atoms with van der Waals surface area (Å²) in [7, 11) is 0. The molecule has 0 aliphatic carbocycles. The Bertz CT molecular complexity index is 1680. The van der Waals surface area contributed by atoms with Crippen molar-refractivity contribution < 1.29 is 29.4 Å². The molecule has 0 spiro atoms. The summed E-state index contributed by atoms with van der Waals surface area (Å²) in [6.07, 6.45) is 14.3. The Hall–Kier alpha value is -5.66. The van der Waals surface area contributed by atoms with Crippen LogP contribution in [-0.2, 0) is 19.5 Å². The molecule has 0 fully saturated rings. The molecule has 0 atom stereocenters. The van der Waals surface area contributed by atoms with E-state index in [9.17, 15) is 9.90 Å². The third kappa shape index (κ3) is 9.16. The van der Waals surface area contributed by atoms with Gasteiger partial charge >= 0.3 is 19.5 Å². The number of aromatic nitrogens is 5. The second kappa shape index (κ2) is 16.8. The molecule has 1 aromatic carbocycles. The van der Waals surface area contributed by atoms with Crippen molar-refractivity contribution in [3.63, 3.8) is 0 Å². The molecule has 1 aliphatic heterocycles. The topological polar surface area (TPSA) is 118 Å². The number of hydrogen-bond donors (Lipinski definition) is 0. The smallest absolute Gasteiger partial charge is 0.664 e. The van der Waals surface area contributed by atoms with E-state index in [4.69, 9.17) is 0 Å². The third-order valence-corrected chi connectivity index (χ3v) is 6.21. The minimum absolute atomic E-state index is 0. The largest absolute Gasteiger partial charge is 2.00 e. The molecular formula is C36H26N6O2Ru. The summed E-state index contributed by atoms with van der Waals surface area (Å²) >= 11 is 0. The van der Waals surface area contributed by atoms with Crippen LogP contribution >= 0.6 is 0 Å². The summed E-state index contributed by atoms with van der Waals surface area (Å²) < 4.78 is 0. The van der Waals surface area contributed by atoms with Gasteiger partial charge in [0.2, 0.25) is 0 Å². The van der Waals surface area contributed by atoms with Crippen LogP contribution in [0.25, 0.3) is 28.3 Å². The molecule has 5 aromatic heterocycles. The molecule has 8 nitrogen and oxygen atoms in total. The number of rotatable bonds is 5. The summed E-state index contributed by atoms with van der Waals surface area (Å²) in [6.45, 7) is 0. The van der Waals surface area contributed by atoms with Gasteiger partial charge in [-0.05, 0) is 77.4 Å². The fourth-order valence-electron chi connectivity index (χ4n) is 4.15. The van der Waals surface area contributed by atoms with E-state index in [-0.39, 0.29) is 25.0 Å². The van der Waals surface area contributed by atoms with E-state index < -0.39 is 5.97 Å². The average Bonchev–Trinajstić information content (AvgIpc) is 3.84. The van der Waals surface area contributed by atoms with Gasteiger partial charge in [-0.15, -0.1) is 5.69 Å². The maximum Gasteiger partial charge on any atom is 2.00 e. The Morgan fingerprint density at radius 2 is 1.04 bits per heavy atom. The minimum Gasteiger partial charge on any atom is -0.664 e. The van der Waals surface area contributed by atoms with Crippen LogP contribution in [-0.4, -0.2) is 32.1 Å². The van der Waals surface area contributed by atoms with Crippen molar-refractivity contribution in [2.24, 2.45) is 4.99 Å². The first-order valence-corrected chi connectivity index (χ1v) is 13.7. The van der Waals surface area contributed by atoms with Gasteiger partial charge in [0, 0.05) is 31.0 Å². The fourth-order valence-corrected chi connectivity index (χ4v) is 4.15. The van der Waals surface area contributed by atoms with Crippen molar-refractivity contribution in [3.8, 4) is 22.8 Å². The van der Waals surface area contributed by atoms with Crippen molar-refractivity contribution >= 4 is 17.8 Å². The number of carboxylic acid groups (broad SMARTS) is 1. The molecule has 0 bridgehead atoms. The number of carboxylic acids is 1. The number of carbonyl (C=O) groups is 1. The quantitative estimate of drug-likeness (QED) is 0.216. The van der Waals surface area contributed by atoms with E-state index in [1.54, 1.807) is 49.3 Å². The third-order valence-electron chi connectivity index (χ3n) is 6.21. The van der Waals surface area contributed by atoms with Gasteiger partial charge in [-0.2, -0.15) is 6.20 Å². The van der Waals surface area contributed by atoms with E-state index in [1.165, 1.54) is 12.1 Å². The van der Waals surface area contributed by atoms with Crippen LogP contribution < -0.4 is 10.1 Å². The molecule has 0 saturated carbocycles. The minimum atomic E-state index is -1.18. The zero-order chi connectivity index (χ0) is 30.4. The second-order valence-electron chi connectivity index (χ2n) is 9.14. The Morgan fingerprint density at radius 3 is 1.38 bits per heavy atom. The van der Waals surface area contributed by atoms with Crippen LogP contribution in [0, 0.1) is 0 Å². The van der Waals surface area contributed by atoms with Crippen LogP contribution in [0.15, 0.2) is 163 Å². The second-order valence-corrected chi connectivity index (χ2v) is 9.14. The molecule has 0 saturated heterocycles. The first-order chi connectivity index (χ1) is 21.7. The molecule has 0 radical (unpaired) electrons. The Balaban J connectivity index is 0.000000160. The number of aliphatic imine (C=N–C) groups is 1. The van der Waals surface area contributed by atoms with Crippen LogP contribution in [0.2, 0.25) is 0 Å². The predicted molar refractivity (Wildman–Crippen MR) is 169 cm³/mol. The molecular weight excluding hydrogens is 650 g/mol. The van der Waals surface area contributed by atoms with E-state index in [0.29, 0.717) is 0 Å². The summed E-state index contributed by atoms with van der Waals surface area (Å²) in [5, 5.41) is 10.8. The number of allylic oxidation sites excluding steroid dienone is 2. The maximum atomic E-state index is 10.8. The van der Waals surface area contributed by atoms with E-state index in [0.717, 1.165) is 45.3 Å². The Morgan fingerprint density at radius 1 is 0.578 bits per heavy atom.